The van der Waals surface area contributed by atoms with Crippen LogP contribution in [0.2, 0.25) is 0 Å². The van der Waals surface area contributed by atoms with Crippen molar-refractivity contribution in [3.8, 4) is 0 Å². The Morgan fingerprint density at radius 2 is 2.32 bits per heavy atom. The minimum absolute atomic E-state index is 0.0938. The molecule has 1 aromatic rings. The highest BCUT2D eigenvalue weighted by Gasteiger charge is 2.01. The van der Waals surface area contributed by atoms with Crippen molar-refractivity contribution in [3.05, 3.63) is 30.1 Å². The van der Waals surface area contributed by atoms with Gasteiger partial charge in [-0.3, -0.25) is 15.3 Å². The molecule has 6 nitrogen and oxygen atoms in total. The molecule has 1 aromatic heterocycles. The fraction of sp³-hybridized carbons (Fsp3) is 0.462. The van der Waals surface area contributed by atoms with Crippen molar-refractivity contribution in [2.75, 3.05) is 13.2 Å². The molecule has 3 N–H and O–H groups in total. The number of pyridine rings is 1. The molecule has 1 amide bonds. The second-order valence-corrected chi connectivity index (χ2v) is 3.89. The van der Waals surface area contributed by atoms with Crippen LogP contribution in [0.25, 0.3) is 0 Å². The first-order valence-electron chi connectivity index (χ1n) is 6.36. The van der Waals surface area contributed by atoms with E-state index in [4.69, 9.17) is 5.73 Å². The maximum atomic E-state index is 11.0. The van der Waals surface area contributed by atoms with E-state index in [1.54, 1.807) is 13.1 Å². The van der Waals surface area contributed by atoms with Gasteiger partial charge in [0.25, 0.3) is 0 Å². The van der Waals surface area contributed by atoms with Gasteiger partial charge >= 0.3 is 6.09 Å². The van der Waals surface area contributed by atoms with Crippen molar-refractivity contribution in [1.82, 2.24) is 10.3 Å². The van der Waals surface area contributed by atoms with E-state index in [1.165, 1.54) is 0 Å². The third-order valence-electron chi connectivity index (χ3n) is 2.35. The summed E-state index contributed by atoms with van der Waals surface area (Å²) in [6.45, 7) is 2.61. The fourth-order valence-electron chi connectivity index (χ4n) is 1.47. The third-order valence-corrected chi connectivity index (χ3v) is 2.35. The minimum Gasteiger partial charge on any atom is -0.450 e. The molecule has 0 aromatic carbocycles. The van der Waals surface area contributed by atoms with E-state index in [0.717, 1.165) is 25.0 Å². The molecule has 0 spiro atoms. The van der Waals surface area contributed by atoms with Crippen LogP contribution in [0.1, 0.15) is 25.5 Å². The number of guanidine groups is 1. The predicted octanol–water partition coefficient (Wildman–Crippen LogP) is 1.47. The number of rotatable bonds is 6. The molecule has 0 bridgehead atoms. The van der Waals surface area contributed by atoms with Crippen molar-refractivity contribution < 1.29 is 9.53 Å². The molecular formula is C13H20N4O2. The molecule has 0 fully saturated rings. The highest BCUT2D eigenvalue weighted by Crippen LogP contribution is 2.01. The van der Waals surface area contributed by atoms with Crippen molar-refractivity contribution >= 4 is 12.1 Å². The van der Waals surface area contributed by atoms with Gasteiger partial charge < -0.3 is 10.5 Å². The SMILES string of the molecule is CCOC(=O)NC(N)=NCCCCc1ccccn1. The van der Waals surface area contributed by atoms with E-state index in [0.29, 0.717) is 13.2 Å². The number of aliphatic imine (C=N–C) groups is 1. The van der Waals surface area contributed by atoms with Crippen LogP contribution in [0, 0.1) is 0 Å². The number of nitrogens with two attached hydrogens (primary N) is 1. The van der Waals surface area contributed by atoms with Gasteiger partial charge in [0.05, 0.1) is 6.61 Å². The lowest BCUT2D eigenvalue weighted by Crippen LogP contribution is -2.37. The highest BCUT2D eigenvalue weighted by molar-refractivity contribution is 5.92. The van der Waals surface area contributed by atoms with Gasteiger partial charge in [-0.15, -0.1) is 0 Å². The average molecular weight is 264 g/mol. The maximum Gasteiger partial charge on any atom is 0.413 e. The number of ether oxygens (including phenoxy) is 1. The Morgan fingerprint density at radius 3 is 3.00 bits per heavy atom. The number of unbranched alkanes of at least 4 members (excludes halogenated alkanes) is 1. The molecule has 19 heavy (non-hydrogen) atoms. The summed E-state index contributed by atoms with van der Waals surface area (Å²) < 4.78 is 4.68. The molecule has 0 saturated heterocycles. The van der Waals surface area contributed by atoms with Crippen LogP contribution >= 0.6 is 0 Å². The molecule has 1 rings (SSSR count). The lowest BCUT2D eigenvalue weighted by Gasteiger charge is -2.04. The zero-order valence-electron chi connectivity index (χ0n) is 11.1. The number of nitrogens with one attached hydrogen (secondary N) is 1. The van der Waals surface area contributed by atoms with Gasteiger partial charge in [-0.2, -0.15) is 0 Å². The molecule has 0 aliphatic rings. The summed E-state index contributed by atoms with van der Waals surface area (Å²) in [6.07, 6.45) is 4.00. The van der Waals surface area contributed by atoms with Gasteiger partial charge in [-0.25, -0.2) is 4.79 Å². The summed E-state index contributed by atoms with van der Waals surface area (Å²) in [5.74, 6) is 0.0938. The monoisotopic (exact) mass is 264 g/mol. The second-order valence-electron chi connectivity index (χ2n) is 3.89. The lowest BCUT2D eigenvalue weighted by atomic mass is 10.2. The second kappa shape index (κ2) is 8.91. The number of amides is 1. The van der Waals surface area contributed by atoms with E-state index >= 15 is 0 Å². The average Bonchev–Trinajstić information content (AvgIpc) is 2.39. The van der Waals surface area contributed by atoms with Crippen LogP contribution in [-0.4, -0.2) is 30.2 Å². The molecule has 0 radical (unpaired) electrons. The number of nitrogens with zero attached hydrogens (tertiary/aromatic N) is 2. The number of hydrogen-bond donors (Lipinski definition) is 2. The topological polar surface area (TPSA) is 89.6 Å². The summed E-state index contributed by atoms with van der Waals surface area (Å²) in [5, 5.41) is 2.34. The van der Waals surface area contributed by atoms with Gasteiger partial charge in [-0.05, 0) is 38.3 Å². The Bertz CT molecular complexity index is 406. The predicted molar refractivity (Wildman–Crippen MR) is 73.8 cm³/mol. The van der Waals surface area contributed by atoms with E-state index in [9.17, 15) is 4.79 Å². The summed E-state index contributed by atoms with van der Waals surface area (Å²) in [5.41, 5.74) is 6.60. The van der Waals surface area contributed by atoms with Crippen LogP contribution < -0.4 is 11.1 Å². The molecular weight excluding hydrogens is 244 g/mol. The third kappa shape index (κ3) is 7.03. The summed E-state index contributed by atoms with van der Waals surface area (Å²) >= 11 is 0. The van der Waals surface area contributed by atoms with Gasteiger partial charge in [0, 0.05) is 18.4 Å². The van der Waals surface area contributed by atoms with Crippen molar-refractivity contribution in [1.29, 1.82) is 0 Å². The van der Waals surface area contributed by atoms with Crippen LogP contribution in [0.5, 0.6) is 0 Å². The van der Waals surface area contributed by atoms with E-state index in [-0.39, 0.29) is 5.96 Å². The molecule has 0 aliphatic carbocycles. The quantitative estimate of drug-likeness (QED) is 0.462. The Labute approximate surface area is 113 Å². The van der Waals surface area contributed by atoms with Crippen molar-refractivity contribution in [3.63, 3.8) is 0 Å². The molecule has 6 heteroatoms. The number of aryl methyl sites for hydroxylation is 1. The van der Waals surface area contributed by atoms with Crippen molar-refractivity contribution in [2.45, 2.75) is 26.2 Å². The molecule has 1 heterocycles. The number of alkyl carbamates (subject to hydrolysis) is 1. The smallest absolute Gasteiger partial charge is 0.413 e. The fourth-order valence-corrected chi connectivity index (χ4v) is 1.47. The van der Waals surface area contributed by atoms with Gasteiger partial charge in [-0.1, -0.05) is 6.07 Å². The molecule has 0 unspecified atom stereocenters. The minimum atomic E-state index is -0.572. The van der Waals surface area contributed by atoms with Crippen molar-refractivity contribution in [2.24, 2.45) is 10.7 Å². The molecule has 0 saturated carbocycles. The Hall–Kier alpha value is -2.11. The van der Waals surface area contributed by atoms with Crippen LogP contribution in [0.4, 0.5) is 4.79 Å². The lowest BCUT2D eigenvalue weighted by molar-refractivity contribution is 0.157. The molecule has 104 valence electrons. The van der Waals surface area contributed by atoms with E-state index < -0.39 is 6.09 Å². The zero-order valence-corrected chi connectivity index (χ0v) is 11.1. The van der Waals surface area contributed by atoms with E-state index in [2.05, 4.69) is 20.0 Å². The van der Waals surface area contributed by atoms with Gasteiger partial charge in [0.1, 0.15) is 0 Å². The highest BCUT2D eigenvalue weighted by atomic mass is 16.5. The van der Waals surface area contributed by atoms with Crippen LogP contribution in [-0.2, 0) is 11.2 Å². The summed E-state index contributed by atoms with van der Waals surface area (Å²) in [7, 11) is 0. The first kappa shape index (κ1) is 14.9. The number of hydrogen-bond acceptors (Lipinski definition) is 4. The maximum absolute atomic E-state index is 11.0. The Morgan fingerprint density at radius 1 is 1.47 bits per heavy atom. The van der Waals surface area contributed by atoms with Gasteiger partial charge in [0.15, 0.2) is 5.96 Å². The Kier molecular flexibility index (Phi) is 7.01. The first-order chi connectivity index (χ1) is 9.22. The zero-order chi connectivity index (χ0) is 13.9. The summed E-state index contributed by atoms with van der Waals surface area (Å²) in [6, 6.07) is 5.87. The van der Waals surface area contributed by atoms with Crippen LogP contribution in [0.3, 0.4) is 0 Å². The largest absolute Gasteiger partial charge is 0.450 e. The molecule has 0 aliphatic heterocycles. The number of carbonyl (C=O) groups is 1. The standard InChI is InChI=1S/C13H20N4O2/c1-2-19-13(18)17-12(14)16-10-6-4-8-11-7-3-5-9-15-11/h3,5,7,9H,2,4,6,8,10H2,1H3,(H3,14,16,17,18). The van der Waals surface area contributed by atoms with Gasteiger partial charge in [0.2, 0.25) is 0 Å². The number of aromatic nitrogens is 1. The van der Waals surface area contributed by atoms with Crippen LogP contribution in [0.15, 0.2) is 29.4 Å². The first-order valence-corrected chi connectivity index (χ1v) is 6.36. The summed E-state index contributed by atoms with van der Waals surface area (Å²) in [4.78, 5) is 19.3. The Balaban J connectivity index is 2.14. The normalized spacial score (nSPS) is 11.1. The van der Waals surface area contributed by atoms with E-state index in [1.807, 2.05) is 18.2 Å². The molecule has 0 atom stereocenters. The number of carbonyl (C=O) groups excluding carboxylic acids is 1.